The first-order valence-corrected chi connectivity index (χ1v) is 6.86. The van der Waals surface area contributed by atoms with E-state index in [2.05, 4.69) is 42.5 Å². The molecule has 4 nitrogen and oxygen atoms in total. The lowest BCUT2D eigenvalue weighted by atomic mass is 10.1. The van der Waals surface area contributed by atoms with Crippen LogP contribution in [0.4, 0.5) is 5.82 Å². The number of H-pyrrole nitrogens is 1. The number of anilines is 1. The van der Waals surface area contributed by atoms with Crippen molar-refractivity contribution in [1.82, 2.24) is 10.3 Å². The molecule has 0 aromatic carbocycles. The Kier molecular flexibility index (Phi) is 4.42. The van der Waals surface area contributed by atoms with Crippen molar-refractivity contribution in [2.75, 3.05) is 18.4 Å². The Hall–Kier alpha value is -1.29. The second-order valence-electron chi connectivity index (χ2n) is 5.28. The zero-order valence-corrected chi connectivity index (χ0v) is 11.6. The number of nitrogens with zero attached hydrogens (tertiary/aromatic N) is 1. The fourth-order valence-corrected chi connectivity index (χ4v) is 2.37. The van der Waals surface area contributed by atoms with Crippen LogP contribution in [0, 0.1) is 0 Å². The zero-order chi connectivity index (χ0) is 13.0. The average Bonchev–Trinajstić information content (AvgIpc) is 2.77. The number of aromatic amines is 1. The molecule has 1 atom stereocenters. The molecule has 100 valence electrons. The van der Waals surface area contributed by atoms with E-state index < -0.39 is 0 Å². The van der Waals surface area contributed by atoms with Gasteiger partial charge in [0.15, 0.2) is 0 Å². The van der Waals surface area contributed by atoms with Crippen LogP contribution in [0.5, 0.6) is 0 Å². The number of hydrogen-bond donors (Lipinski definition) is 3. The van der Waals surface area contributed by atoms with Gasteiger partial charge in [0.1, 0.15) is 5.82 Å². The van der Waals surface area contributed by atoms with E-state index >= 15 is 0 Å². The molecule has 0 saturated carbocycles. The molecule has 2 rings (SSSR count). The maximum absolute atomic E-state index is 4.84. The van der Waals surface area contributed by atoms with Crippen molar-refractivity contribution in [2.45, 2.75) is 45.7 Å². The van der Waals surface area contributed by atoms with Gasteiger partial charge in [-0.1, -0.05) is 0 Å². The zero-order valence-electron chi connectivity index (χ0n) is 11.6. The number of rotatable bonds is 4. The summed E-state index contributed by atoms with van der Waals surface area (Å²) in [7, 11) is 0. The SMILES string of the molecule is CC(=N[C@@H]1CCCNC1)c1cc[nH]c1NC(C)C. The molecule has 0 unspecified atom stereocenters. The Balaban J connectivity index is 2.09. The van der Waals surface area contributed by atoms with Crippen LogP contribution >= 0.6 is 0 Å². The fourth-order valence-electron chi connectivity index (χ4n) is 2.37. The van der Waals surface area contributed by atoms with Crippen LogP contribution in [0.25, 0.3) is 0 Å². The van der Waals surface area contributed by atoms with Crippen molar-refractivity contribution in [2.24, 2.45) is 4.99 Å². The molecule has 0 aliphatic carbocycles. The normalized spacial score (nSPS) is 21.3. The van der Waals surface area contributed by atoms with Gasteiger partial charge < -0.3 is 15.6 Å². The Morgan fingerprint density at radius 1 is 1.50 bits per heavy atom. The Bertz CT molecular complexity index is 400. The van der Waals surface area contributed by atoms with Crippen LogP contribution in [0.15, 0.2) is 17.3 Å². The second-order valence-corrected chi connectivity index (χ2v) is 5.28. The minimum Gasteiger partial charge on any atom is -0.369 e. The molecule has 0 amide bonds. The van der Waals surface area contributed by atoms with Crippen LogP contribution in [-0.4, -0.2) is 35.9 Å². The molecule has 0 radical (unpaired) electrons. The smallest absolute Gasteiger partial charge is 0.112 e. The molecule has 1 saturated heterocycles. The first-order chi connectivity index (χ1) is 8.66. The fraction of sp³-hybridized carbons (Fsp3) is 0.643. The number of aliphatic imine (C=N–C) groups is 1. The van der Waals surface area contributed by atoms with Gasteiger partial charge in [0.25, 0.3) is 0 Å². The van der Waals surface area contributed by atoms with E-state index in [4.69, 9.17) is 4.99 Å². The predicted molar refractivity (Wildman–Crippen MR) is 77.7 cm³/mol. The number of hydrogen-bond acceptors (Lipinski definition) is 3. The monoisotopic (exact) mass is 248 g/mol. The van der Waals surface area contributed by atoms with Crippen LogP contribution < -0.4 is 10.6 Å². The third kappa shape index (κ3) is 3.35. The Morgan fingerprint density at radius 3 is 3.00 bits per heavy atom. The van der Waals surface area contributed by atoms with Crippen LogP contribution in [-0.2, 0) is 0 Å². The lowest BCUT2D eigenvalue weighted by Crippen LogP contribution is -2.32. The molecule has 1 fully saturated rings. The van der Waals surface area contributed by atoms with Gasteiger partial charge in [0.05, 0.1) is 6.04 Å². The molecule has 1 aliphatic heterocycles. The Morgan fingerprint density at radius 2 is 2.33 bits per heavy atom. The predicted octanol–water partition coefficient (Wildman–Crippen LogP) is 2.40. The summed E-state index contributed by atoms with van der Waals surface area (Å²) in [5.74, 6) is 1.08. The summed E-state index contributed by atoms with van der Waals surface area (Å²) < 4.78 is 0. The largest absolute Gasteiger partial charge is 0.369 e. The van der Waals surface area contributed by atoms with Crippen LogP contribution in [0.3, 0.4) is 0 Å². The molecule has 2 heterocycles. The molecule has 1 aromatic heterocycles. The summed E-state index contributed by atoms with van der Waals surface area (Å²) in [6, 6.07) is 2.95. The van der Waals surface area contributed by atoms with Crippen LogP contribution in [0.2, 0.25) is 0 Å². The van der Waals surface area contributed by atoms with Gasteiger partial charge >= 0.3 is 0 Å². The molecule has 18 heavy (non-hydrogen) atoms. The van der Waals surface area contributed by atoms with Gasteiger partial charge in [-0.25, -0.2) is 0 Å². The van der Waals surface area contributed by atoms with E-state index in [0.29, 0.717) is 12.1 Å². The van der Waals surface area contributed by atoms with E-state index in [1.165, 1.54) is 18.4 Å². The third-order valence-corrected chi connectivity index (χ3v) is 3.22. The Labute approximate surface area is 109 Å². The molecular weight excluding hydrogens is 224 g/mol. The molecule has 0 spiro atoms. The van der Waals surface area contributed by atoms with Gasteiger partial charge in [0.2, 0.25) is 0 Å². The van der Waals surface area contributed by atoms with E-state index in [0.717, 1.165) is 24.6 Å². The number of piperidine rings is 1. The van der Waals surface area contributed by atoms with Gasteiger partial charge in [-0.3, -0.25) is 4.99 Å². The first-order valence-electron chi connectivity index (χ1n) is 6.86. The summed E-state index contributed by atoms with van der Waals surface area (Å²) in [4.78, 5) is 8.09. The van der Waals surface area contributed by atoms with Crippen molar-refractivity contribution < 1.29 is 0 Å². The summed E-state index contributed by atoms with van der Waals surface area (Å²) in [5.41, 5.74) is 2.31. The molecule has 1 aliphatic rings. The second kappa shape index (κ2) is 6.05. The standard InChI is InChI=1S/C14H24N4/c1-10(2)17-14-13(6-8-16-14)11(3)18-12-5-4-7-15-9-12/h6,8,10,12,15-17H,4-5,7,9H2,1-3H3/t12-/m1/s1. The van der Waals surface area contributed by atoms with Crippen molar-refractivity contribution >= 4 is 11.5 Å². The van der Waals surface area contributed by atoms with Crippen molar-refractivity contribution in [3.63, 3.8) is 0 Å². The summed E-state index contributed by atoms with van der Waals surface area (Å²) >= 11 is 0. The van der Waals surface area contributed by atoms with Gasteiger partial charge in [-0.2, -0.15) is 0 Å². The molecule has 4 heteroatoms. The van der Waals surface area contributed by atoms with E-state index in [9.17, 15) is 0 Å². The summed E-state index contributed by atoms with van der Waals surface area (Å²) in [6.07, 6.45) is 4.39. The lowest BCUT2D eigenvalue weighted by molar-refractivity contribution is 0.461. The van der Waals surface area contributed by atoms with Gasteiger partial charge in [0, 0.05) is 30.1 Å². The number of nitrogens with one attached hydrogen (secondary N) is 3. The highest BCUT2D eigenvalue weighted by Crippen LogP contribution is 2.17. The number of aromatic nitrogens is 1. The third-order valence-electron chi connectivity index (χ3n) is 3.22. The highest BCUT2D eigenvalue weighted by atomic mass is 15.0. The minimum atomic E-state index is 0.423. The quantitative estimate of drug-likeness (QED) is 0.717. The minimum absolute atomic E-state index is 0.423. The van der Waals surface area contributed by atoms with Gasteiger partial charge in [-0.05, 0) is 46.2 Å². The summed E-state index contributed by atoms with van der Waals surface area (Å²) in [6.45, 7) is 8.53. The van der Waals surface area contributed by atoms with E-state index in [1.54, 1.807) is 0 Å². The van der Waals surface area contributed by atoms with Gasteiger partial charge in [-0.15, -0.1) is 0 Å². The molecule has 1 aromatic rings. The van der Waals surface area contributed by atoms with E-state index in [1.807, 2.05) is 6.20 Å². The van der Waals surface area contributed by atoms with Crippen molar-refractivity contribution in [3.05, 3.63) is 17.8 Å². The average molecular weight is 248 g/mol. The first kappa shape index (κ1) is 13.1. The summed E-state index contributed by atoms with van der Waals surface area (Å²) in [5, 5.41) is 6.82. The highest BCUT2D eigenvalue weighted by Gasteiger charge is 2.13. The van der Waals surface area contributed by atoms with E-state index in [-0.39, 0.29) is 0 Å². The molecule has 3 N–H and O–H groups in total. The maximum Gasteiger partial charge on any atom is 0.112 e. The highest BCUT2D eigenvalue weighted by molar-refractivity contribution is 6.03. The lowest BCUT2D eigenvalue weighted by Gasteiger charge is -2.20. The molecular formula is C14H24N4. The van der Waals surface area contributed by atoms with Crippen LogP contribution in [0.1, 0.15) is 39.2 Å². The van der Waals surface area contributed by atoms with Crippen molar-refractivity contribution in [3.8, 4) is 0 Å². The maximum atomic E-state index is 4.84. The topological polar surface area (TPSA) is 52.2 Å². The van der Waals surface area contributed by atoms with Crippen molar-refractivity contribution in [1.29, 1.82) is 0 Å². The molecule has 0 bridgehead atoms.